The highest BCUT2D eigenvalue weighted by Gasteiger charge is 2.53. The Kier molecular flexibility index (Phi) is 5.39. The third-order valence-corrected chi connectivity index (χ3v) is 5.17. The molecule has 0 unspecified atom stereocenters. The Labute approximate surface area is 134 Å². The summed E-state index contributed by atoms with van der Waals surface area (Å²) in [6, 6.07) is 0. The lowest BCUT2D eigenvalue weighted by molar-refractivity contribution is -0.137. The Bertz CT molecular complexity index is 420. The molecule has 0 aromatic heterocycles. The van der Waals surface area contributed by atoms with Crippen LogP contribution in [0.15, 0.2) is 11.5 Å². The second-order valence-electron chi connectivity index (χ2n) is 7.32. The number of carbonyl (C=O) groups is 1. The topological polar surface area (TPSA) is 44.8 Å². The van der Waals surface area contributed by atoms with Gasteiger partial charge in [0.15, 0.2) is 0 Å². The smallest absolute Gasteiger partial charge is 0.463 e. The summed E-state index contributed by atoms with van der Waals surface area (Å²) in [5.41, 5.74) is 0.178. The van der Waals surface area contributed by atoms with Crippen LogP contribution >= 0.6 is 0 Å². The molecule has 1 aliphatic carbocycles. The molecule has 0 radical (unpaired) electrons. The molecule has 0 aromatic rings. The highest BCUT2D eigenvalue weighted by molar-refractivity contribution is 6.55. The van der Waals surface area contributed by atoms with Crippen LogP contribution in [0.4, 0.5) is 0 Å². The molecular weight excluding hydrogens is 279 g/mol. The Hall–Kier alpha value is -0.805. The highest BCUT2D eigenvalue weighted by atomic mass is 16.7. The zero-order valence-electron chi connectivity index (χ0n) is 14.6. The van der Waals surface area contributed by atoms with Crippen LogP contribution in [-0.2, 0) is 18.8 Å². The number of allylic oxidation sites excluding steroid dienone is 1. The molecule has 0 spiro atoms. The van der Waals surface area contributed by atoms with Crippen molar-refractivity contribution < 1.29 is 18.8 Å². The Balaban J connectivity index is 2.23. The maximum absolute atomic E-state index is 12.0. The van der Waals surface area contributed by atoms with Crippen LogP contribution in [0.5, 0.6) is 0 Å². The maximum Gasteiger partial charge on any atom is 0.491 e. The van der Waals surface area contributed by atoms with Gasteiger partial charge in [0.2, 0.25) is 0 Å². The first-order valence-corrected chi connectivity index (χ1v) is 8.50. The van der Waals surface area contributed by atoms with Gasteiger partial charge in [0.25, 0.3) is 0 Å². The summed E-state index contributed by atoms with van der Waals surface area (Å²) < 4.78 is 17.4. The lowest BCUT2D eigenvalue weighted by atomic mass is 9.66. The average molecular weight is 308 g/mol. The van der Waals surface area contributed by atoms with Crippen molar-refractivity contribution in [1.82, 2.24) is 0 Å². The monoisotopic (exact) mass is 308 g/mol. The van der Waals surface area contributed by atoms with Gasteiger partial charge < -0.3 is 14.0 Å². The van der Waals surface area contributed by atoms with Crippen LogP contribution in [0.2, 0.25) is 0 Å². The van der Waals surface area contributed by atoms with E-state index >= 15 is 0 Å². The van der Waals surface area contributed by atoms with E-state index in [0.29, 0.717) is 12.5 Å². The molecule has 2 rings (SSSR count). The van der Waals surface area contributed by atoms with E-state index in [1.54, 1.807) is 6.08 Å². The second-order valence-corrected chi connectivity index (χ2v) is 7.32. The fourth-order valence-electron chi connectivity index (χ4n) is 3.11. The van der Waals surface area contributed by atoms with Gasteiger partial charge in [-0.2, -0.15) is 0 Å². The SMILES string of the molecule is CCOC(=O)/C=C(\B1OC(C)(C)C(C)(C)O1)C1CCCCC1. The van der Waals surface area contributed by atoms with E-state index in [9.17, 15) is 4.79 Å². The van der Waals surface area contributed by atoms with Crippen molar-refractivity contribution in [3.63, 3.8) is 0 Å². The third kappa shape index (κ3) is 3.74. The predicted octanol–water partition coefficient (Wildman–Crippen LogP) is 3.69. The molecule has 0 bridgehead atoms. The molecule has 124 valence electrons. The van der Waals surface area contributed by atoms with E-state index in [0.717, 1.165) is 18.3 Å². The molecule has 0 atom stereocenters. The first-order valence-electron chi connectivity index (χ1n) is 8.50. The summed E-state index contributed by atoms with van der Waals surface area (Å²) >= 11 is 0. The zero-order chi connectivity index (χ0) is 16.4. The van der Waals surface area contributed by atoms with Gasteiger partial charge in [-0.25, -0.2) is 4.79 Å². The van der Waals surface area contributed by atoms with Crippen molar-refractivity contribution >= 4 is 13.1 Å². The van der Waals surface area contributed by atoms with Gasteiger partial charge in [0.05, 0.1) is 17.8 Å². The van der Waals surface area contributed by atoms with Crippen molar-refractivity contribution in [2.75, 3.05) is 6.61 Å². The molecule has 0 aromatic carbocycles. The predicted molar refractivity (Wildman–Crippen MR) is 87.4 cm³/mol. The highest BCUT2D eigenvalue weighted by Crippen LogP contribution is 2.42. The van der Waals surface area contributed by atoms with Gasteiger partial charge in [-0.15, -0.1) is 0 Å². The molecule has 1 saturated heterocycles. The van der Waals surface area contributed by atoms with Crippen molar-refractivity contribution in [3.05, 3.63) is 11.5 Å². The largest absolute Gasteiger partial charge is 0.491 e. The van der Waals surface area contributed by atoms with E-state index in [1.165, 1.54) is 19.3 Å². The number of esters is 1. The van der Waals surface area contributed by atoms with E-state index in [4.69, 9.17) is 14.0 Å². The van der Waals surface area contributed by atoms with E-state index < -0.39 is 7.12 Å². The molecule has 1 saturated carbocycles. The Morgan fingerprint density at radius 2 is 1.68 bits per heavy atom. The van der Waals surface area contributed by atoms with Crippen LogP contribution in [0.1, 0.15) is 66.7 Å². The summed E-state index contributed by atoms with van der Waals surface area (Å²) in [7, 11) is -0.447. The van der Waals surface area contributed by atoms with Crippen LogP contribution in [-0.4, -0.2) is 30.9 Å². The fourth-order valence-corrected chi connectivity index (χ4v) is 3.11. The van der Waals surface area contributed by atoms with E-state index in [-0.39, 0.29) is 17.2 Å². The summed E-state index contributed by atoms with van der Waals surface area (Å²) in [5, 5.41) is 0. The lowest BCUT2D eigenvalue weighted by Crippen LogP contribution is -2.41. The Morgan fingerprint density at radius 3 is 2.18 bits per heavy atom. The van der Waals surface area contributed by atoms with Crippen molar-refractivity contribution in [2.45, 2.75) is 77.9 Å². The minimum atomic E-state index is -0.447. The first kappa shape index (κ1) is 17.5. The number of hydrogen-bond acceptors (Lipinski definition) is 4. The van der Waals surface area contributed by atoms with Crippen molar-refractivity contribution in [2.24, 2.45) is 5.92 Å². The van der Waals surface area contributed by atoms with Crippen molar-refractivity contribution in [1.29, 1.82) is 0 Å². The van der Waals surface area contributed by atoms with Gasteiger partial charge in [-0.05, 0) is 58.9 Å². The number of rotatable bonds is 4. The lowest BCUT2D eigenvalue weighted by Gasteiger charge is -2.32. The zero-order valence-corrected chi connectivity index (χ0v) is 14.6. The average Bonchev–Trinajstić information content (AvgIpc) is 2.66. The minimum absolute atomic E-state index is 0.294. The van der Waals surface area contributed by atoms with Gasteiger partial charge in [-0.1, -0.05) is 19.3 Å². The quantitative estimate of drug-likeness (QED) is 0.451. The van der Waals surface area contributed by atoms with E-state index in [1.807, 2.05) is 34.6 Å². The molecular formula is C17H29BO4. The molecule has 0 amide bonds. The molecule has 22 heavy (non-hydrogen) atoms. The standard InChI is InChI=1S/C17H29BO4/c1-6-20-15(19)12-14(13-10-8-7-9-11-13)18-21-16(2,3)17(4,5)22-18/h12-13H,6-11H2,1-5H3/b14-12-. The van der Waals surface area contributed by atoms with Crippen LogP contribution in [0, 0.1) is 5.92 Å². The second kappa shape index (κ2) is 6.75. The fraction of sp³-hybridized carbons (Fsp3) is 0.824. The van der Waals surface area contributed by atoms with Crippen molar-refractivity contribution in [3.8, 4) is 0 Å². The number of hydrogen-bond donors (Lipinski definition) is 0. The van der Waals surface area contributed by atoms with Crippen LogP contribution in [0.3, 0.4) is 0 Å². The first-order chi connectivity index (χ1) is 10.3. The Morgan fingerprint density at radius 1 is 1.14 bits per heavy atom. The number of carbonyl (C=O) groups excluding carboxylic acids is 1. The molecule has 0 N–H and O–H groups in total. The maximum atomic E-state index is 12.0. The molecule has 5 heteroatoms. The van der Waals surface area contributed by atoms with Gasteiger partial charge in [-0.3, -0.25) is 0 Å². The van der Waals surface area contributed by atoms with Crippen LogP contribution in [0.25, 0.3) is 0 Å². The molecule has 4 nitrogen and oxygen atoms in total. The summed E-state index contributed by atoms with van der Waals surface area (Å²) in [6.07, 6.45) is 7.47. The molecule has 2 aliphatic rings. The van der Waals surface area contributed by atoms with Gasteiger partial charge in [0, 0.05) is 6.08 Å². The normalized spacial score (nSPS) is 25.3. The number of ether oxygens (including phenoxy) is 1. The summed E-state index contributed by atoms with van der Waals surface area (Å²) in [6.45, 7) is 10.4. The molecule has 1 aliphatic heterocycles. The van der Waals surface area contributed by atoms with Gasteiger partial charge in [0.1, 0.15) is 0 Å². The van der Waals surface area contributed by atoms with Gasteiger partial charge >= 0.3 is 13.1 Å². The third-order valence-electron chi connectivity index (χ3n) is 5.17. The van der Waals surface area contributed by atoms with E-state index in [2.05, 4.69) is 0 Å². The minimum Gasteiger partial charge on any atom is -0.463 e. The summed E-state index contributed by atoms with van der Waals surface area (Å²) in [4.78, 5) is 12.0. The molecule has 2 fully saturated rings. The molecule has 1 heterocycles. The van der Waals surface area contributed by atoms with Crippen LogP contribution < -0.4 is 0 Å². The summed E-state index contributed by atoms with van der Waals surface area (Å²) in [5.74, 6) is 0.0608.